The number of H-pyrrole nitrogens is 1. The minimum Gasteiger partial charge on any atom is -0.334 e. The first-order valence-corrected chi connectivity index (χ1v) is 8.40. The summed E-state index contributed by atoms with van der Waals surface area (Å²) in [7, 11) is 0. The van der Waals surface area contributed by atoms with E-state index in [-0.39, 0.29) is 11.9 Å². The fourth-order valence-electron chi connectivity index (χ4n) is 2.95. The van der Waals surface area contributed by atoms with Crippen molar-refractivity contribution in [2.75, 3.05) is 19.6 Å². The van der Waals surface area contributed by atoms with Crippen molar-refractivity contribution in [1.29, 1.82) is 0 Å². The maximum atomic E-state index is 12.5. The van der Waals surface area contributed by atoms with E-state index < -0.39 is 0 Å². The van der Waals surface area contributed by atoms with Crippen molar-refractivity contribution in [2.45, 2.75) is 46.3 Å². The van der Waals surface area contributed by atoms with Crippen molar-refractivity contribution >= 4 is 5.91 Å². The molecule has 1 amide bonds. The van der Waals surface area contributed by atoms with Crippen LogP contribution in [-0.4, -0.2) is 66.6 Å². The minimum absolute atomic E-state index is 0.00315. The smallest absolute Gasteiger partial charge is 0.274 e. The highest BCUT2D eigenvalue weighted by Gasteiger charge is 2.28. The van der Waals surface area contributed by atoms with E-state index in [1.54, 1.807) is 6.07 Å². The van der Waals surface area contributed by atoms with Gasteiger partial charge in [0.05, 0.1) is 11.9 Å². The molecule has 1 fully saturated rings. The molecule has 0 unspecified atom stereocenters. The number of rotatable bonds is 4. The predicted molar refractivity (Wildman–Crippen MR) is 89.5 cm³/mol. The molecule has 8 heteroatoms. The van der Waals surface area contributed by atoms with Crippen molar-refractivity contribution in [1.82, 2.24) is 35.0 Å². The third-order valence-electron chi connectivity index (χ3n) is 4.43. The fraction of sp³-hybridized carbons (Fsp3) is 0.625. The second-order valence-electron chi connectivity index (χ2n) is 6.79. The molecule has 0 aliphatic carbocycles. The maximum absolute atomic E-state index is 12.5. The molecule has 1 aliphatic heterocycles. The average Bonchev–Trinajstić information content (AvgIpc) is 3.18. The Balaban J connectivity index is 1.59. The summed E-state index contributed by atoms with van der Waals surface area (Å²) in [6, 6.07) is 2.38. The van der Waals surface area contributed by atoms with Gasteiger partial charge in [-0.05, 0) is 33.8 Å². The van der Waals surface area contributed by atoms with Gasteiger partial charge in [0, 0.05) is 44.0 Å². The van der Waals surface area contributed by atoms with E-state index in [0.29, 0.717) is 24.8 Å². The van der Waals surface area contributed by atoms with Gasteiger partial charge in [0.1, 0.15) is 5.69 Å². The van der Waals surface area contributed by atoms with Gasteiger partial charge in [-0.15, -0.1) is 5.10 Å². The zero-order valence-corrected chi connectivity index (χ0v) is 14.7. The zero-order chi connectivity index (χ0) is 17.3. The Morgan fingerprint density at radius 2 is 2.21 bits per heavy atom. The van der Waals surface area contributed by atoms with Crippen LogP contribution in [-0.2, 0) is 6.54 Å². The molecule has 0 bridgehead atoms. The number of carbonyl (C=O) groups excluding carboxylic acids is 1. The summed E-state index contributed by atoms with van der Waals surface area (Å²) in [4.78, 5) is 16.7. The summed E-state index contributed by atoms with van der Waals surface area (Å²) < 4.78 is 1.87. The molecule has 1 saturated heterocycles. The highest BCUT2D eigenvalue weighted by atomic mass is 16.2. The van der Waals surface area contributed by atoms with Crippen molar-refractivity contribution in [3.63, 3.8) is 0 Å². The maximum Gasteiger partial charge on any atom is 0.274 e. The summed E-state index contributed by atoms with van der Waals surface area (Å²) in [6.07, 6.45) is 2.00. The van der Waals surface area contributed by atoms with Crippen LogP contribution in [0.1, 0.15) is 48.7 Å². The number of hydrogen-bond donors (Lipinski definition) is 1. The summed E-state index contributed by atoms with van der Waals surface area (Å²) in [5.41, 5.74) is 2.37. The van der Waals surface area contributed by atoms with Crippen molar-refractivity contribution in [3.05, 3.63) is 29.3 Å². The van der Waals surface area contributed by atoms with Gasteiger partial charge in [-0.3, -0.25) is 14.8 Å². The third kappa shape index (κ3) is 3.48. The highest BCUT2D eigenvalue weighted by Crippen LogP contribution is 2.15. The molecule has 3 rings (SSSR count). The van der Waals surface area contributed by atoms with Gasteiger partial charge in [-0.1, -0.05) is 5.21 Å². The normalized spacial score (nSPS) is 19.2. The molecule has 1 N–H and O–H groups in total. The molecule has 1 aliphatic rings. The molecule has 0 saturated carbocycles. The first-order chi connectivity index (χ1) is 11.4. The lowest BCUT2D eigenvalue weighted by atomic mass is 10.1. The first kappa shape index (κ1) is 16.6. The van der Waals surface area contributed by atoms with Crippen LogP contribution < -0.4 is 0 Å². The van der Waals surface area contributed by atoms with Crippen molar-refractivity contribution < 1.29 is 4.79 Å². The first-order valence-electron chi connectivity index (χ1n) is 8.40. The highest BCUT2D eigenvalue weighted by molar-refractivity contribution is 5.92. The molecular weight excluding hydrogens is 306 g/mol. The van der Waals surface area contributed by atoms with Gasteiger partial charge < -0.3 is 4.90 Å². The number of carbonyl (C=O) groups is 1. The van der Waals surface area contributed by atoms with E-state index >= 15 is 0 Å². The number of aromatic amines is 1. The predicted octanol–water partition coefficient (Wildman–Crippen LogP) is 1.24. The van der Waals surface area contributed by atoms with E-state index in [9.17, 15) is 4.79 Å². The van der Waals surface area contributed by atoms with Crippen LogP contribution in [0, 0.1) is 6.92 Å². The van der Waals surface area contributed by atoms with Gasteiger partial charge in [0.2, 0.25) is 0 Å². The SMILES string of the molecule is Cc1cc(C(=O)N2CCN(Cc3cn(C(C)C)nn3)[C@H](C)C2)n[nH]1. The monoisotopic (exact) mass is 331 g/mol. The van der Waals surface area contributed by atoms with Crippen LogP contribution in [0.25, 0.3) is 0 Å². The molecule has 1 atom stereocenters. The Hall–Kier alpha value is -2.22. The van der Waals surface area contributed by atoms with Gasteiger partial charge in [-0.25, -0.2) is 4.68 Å². The van der Waals surface area contributed by atoms with E-state index in [1.807, 2.05) is 22.7 Å². The van der Waals surface area contributed by atoms with Crippen LogP contribution in [0.4, 0.5) is 0 Å². The van der Waals surface area contributed by atoms with Crippen molar-refractivity contribution in [3.8, 4) is 0 Å². The Kier molecular flexibility index (Phi) is 4.66. The number of nitrogens with zero attached hydrogens (tertiary/aromatic N) is 6. The van der Waals surface area contributed by atoms with Crippen LogP contribution in [0.5, 0.6) is 0 Å². The summed E-state index contributed by atoms with van der Waals surface area (Å²) in [5, 5.41) is 15.3. The number of nitrogens with one attached hydrogen (secondary N) is 1. The van der Waals surface area contributed by atoms with Gasteiger partial charge in [0.15, 0.2) is 0 Å². The molecule has 0 radical (unpaired) electrons. The molecule has 8 nitrogen and oxygen atoms in total. The fourth-order valence-corrected chi connectivity index (χ4v) is 2.95. The quantitative estimate of drug-likeness (QED) is 0.911. The molecule has 2 aromatic heterocycles. The Morgan fingerprint density at radius 1 is 1.42 bits per heavy atom. The number of aromatic nitrogens is 5. The molecule has 0 spiro atoms. The molecule has 2 aromatic rings. The largest absolute Gasteiger partial charge is 0.334 e. The minimum atomic E-state index is -0.00315. The molecule has 24 heavy (non-hydrogen) atoms. The van der Waals surface area contributed by atoms with Gasteiger partial charge in [-0.2, -0.15) is 5.10 Å². The summed E-state index contributed by atoms with van der Waals surface area (Å²) in [5.74, 6) is -0.00315. The Morgan fingerprint density at radius 3 is 2.79 bits per heavy atom. The van der Waals surface area contributed by atoms with Crippen molar-refractivity contribution in [2.24, 2.45) is 0 Å². The standard InChI is InChI=1S/C16H25N7O/c1-11(2)23-10-14(18-20-23)9-21-5-6-22(8-13(21)4)16(24)15-7-12(3)17-19-15/h7,10-11,13H,5-6,8-9H2,1-4H3,(H,17,19)/t13-/m1/s1. The average molecular weight is 331 g/mol. The van der Waals surface area contributed by atoms with Gasteiger partial charge in [0.25, 0.3) is 5.91 Å². The third-order valence-corrected chi connectivity index (χ3v) is 4.43. The number of aryl methyl sites for hydroxylation is 1. The number of hydrogen-bond acceptors (Lipinski definition) is 5. The Labute approximate surface area is 141 Å². The Bertz CT molecular complexity index is 705. The summed E-state index contributed by atoms with van der Waals surface area (Å²) >= 11 is 0. The van der Waals surface area contributed by atoms with Crippen LogP contribution >= 0.6 is 0 Å². The summed E-state index contributed by atoms with van der Waals surface area (Å²) in [6.45, 7) is 11.2. The van der Waals surface area contributed by atoms with Crippen LogP contribution in [0.3, 0.4) is 0 Å². The topological polar surface area (TPSA) is 82.9 Å². The van der Waals surface area contributed by atoms with E-state index in [2.05, 4.69) is 46.2 Å². The lowest BCUT2D eigenvalue weighted by Crippen LogP contribution is -2.53. The second kappa shape index (κ2) is 6.72. The molecule has 130 valence electrons. The van der Waals surface area contributed by atoms with E-state index in [0.717, 1.165) is 24.5 Å². The van der Waals surface area contributed by atoms with Crippen LogP contribution in [0.2, 0.25) is 0 Å². The van der Waals surface area contributed by atoms with Gasteiger partial charge >= 0.3 is 0 Å². The zero-order valence-electron chi connectivity index (χ0n) is 14.7. The number of piperazine rings is 1. The van der Waals surface area contributed by atoms with Crippen LogP contribution in [0.15, 0.2) is 12.3 Å². The molecule has 3 heterocycles. The lowest BCUT2D eigenvalue weighted by molar-refractivity contribution is 0.0487. The molecule has 0 aromatic carbocycles. The van der Waals surface area contributed by atoms with E-state index in [1.165, 1.54) is 0 Å². The van der Waals surface area contributed by atoms with E-state index in [4.69, 9.17) is 0 Å². The molecular formula is C16H25N7O. The second-order valence-corrected chi connectivity index (χ2v) is 6.79. The number of amides is 1. The lowest BCUT2D eigenvalue weighted by Gasteiger charge is -2.39.